The number of hydrogen-bond donors (Lipinski definition) is 1. The Labute approximate surface area is 211 Å². The first-order valence-corrected chi connectivity index (χ1v) is 11.7. The summed E-state index contributed by atoms with van der Waals surface area (Å²) < 4.78 is 10.1. The van der Waals surface area contributed by atoms with Crippen molar-refractivity contribution in [2.45, 2.75) is 19.4 Å². The Morgan fingerprint density at radius 1 is 1.18 bits per heavy atom. The number of benzene rings is 2. The van der Waals surface area contributed by atoms with E-state index in [0.717, 1.165) is 19.4 Å². The number of esters is 1. The van der Waals surface area contributed by atoms with Gasteiger partial charge >= 0.3 is 5.97 Å². The Hall–Kier alpha value is -2.65. The standard InChI is InChI=1S/C23H21Cl3N4O4/c1-33-23(32)13-4-7-17(25)19(9-13)27-22(31)14-3-2-8-30(11-14)12-20-28-21(29-34-20)16-6-5-15(24)10-18(16)26/h4-7,9-10,14H,2-3,8,11-12H2,1H3,(H,27,31). The summed E-state index contributed by atoms with van der Waals surface area (Å²) in [6.45, 7) is 1.71. The van der Waals surface area contributed by atoms with E-state index >= 15 is 0 Å². The van der Waals surface area contributed by atoms with Crippen molar-refractivity contribution in [2.75, 3.05) is 25.5 Å². The molecule has 1 aromatic heterocycles. The predicted octanol–water partition coefficient (Wildman–Crippen LogP) is 5.33. The summed E-state index contributed by atoms with van der Waals surface area (Å²) in [6.07, 6.45) is 1.56. The van der Waals surface area contributed by atoms with Gasteiger partial charge in [0.1, 0.15) is 0 Å². The first-order chi connectivity index (χ1) is 16.3. The van der Waals surface area contributed by atoms with Crippen molar-refractivity contribution >= 4 is 52.4 Å². The molecule has 1 amide bonds. The van der Waals surface area contributed by atoms with Crippen LogP contribution in [0.3, 0.4) is 0 Å². The van der Waals surface area contributed by atoms with Crippen molar-refractivity contribution in [1.82, 2.24) is 15.0 Å². The molecule has 178 valence electrons. The Balaban J connectivity index is 1.40. The molecule has 0 bridgehead atoms. The van der Waals surface area contributed by atoms with Crippen LogP contribution in [0.2, 0.25) is 15.1 Å². The molecule has 0 aliphatic carbocycles. The SMILES string of the molecule is COC(=O)c1ccc(Cl)c(NC(=O)C2CCCN(Cc3nc(-c4ccc(Cl)cc4Cl)no3)C2)c1. The minimum atomic E-state index is -0.505. The minimum Gasteiger partial charge on any atom is -0.465 e. The summed E-state index contributed by atoms with van der Waals surface area (Å²) in [5.74, 6) is -0.138. The summed E-state index contributed by atoms with van der Waals surface area (Å²) >= 11 is 18.4. The number of carbonyl (C=O) groups excluding carboxylic acids is 2. The summed E-state index contributed by atoms with van der Waals surface area (Å²) in [6, 6.07) is 9.67. The molecule has 1 saturated heterocycles. The van der Waals surface area contributed by atoms with Crippen molar-refractivity contribution in [2.24, 2.45) is 5.92 Å². The predicted molar refractivity (Wildman–Crippen MR) is 129 cm³/mol. The van der Waals surface area contributed by atoms with E-state index in [1.807, 2.05) is 0 Å². The number of rotatable bonds is 6. The largest absolute Gasteiger partial charge is 0.465 e. The van der Waals surface area contributed by atoms with Gasteiger partial charge in [-0.15, -0.1) is 0 Å². The lowest BCUT2D eigenvalue weighted by Gasteiger charge is -2.31. The van der Waals surface area contributed by atoms with E-state index in [-0.39, 0.29) is 11.8 Å². The van der Waals surface area contributed by atoms with Gasteiger partial charge in [-0.25, -0.2) is 4.79 Å². The van der Waals surface area contributed by atoms with Gasteiger partial charge in [0.05, 0.1) is 40.9 Å². The molecule has 34 heavy (non-hydrogen) atoms. The van der Waals surface area contributed by atoms with E-state index in [1.54, 1.807) is 30.3 Å². The Bertz CT molecular complexity index is 1220. The van der Waals surface area contributed by atoms with E-state index in [9.17, 15) is 9.59 Å². The average Bonchev–Trinajstić information content (AvgIpc) is 3.28. The fraction of sp³-hybridized carbons (Fsp3) is 0.304. The van der Waals surface area contributed by atoms with Crippen LogP contribution in [-0.4, -0.2) is 47.1 Å². The van der Waals surface area contributed by atoms with Crippen LogP contribution in [0, 0.1) is 5.92 Å². The van der Waals surface area contributed by atoms with Crippen molar-refractivity contribution in [3.63, 3.8) is 0 Å². The third kappa shape index (κ3) is 5.70. The van der Waals surface area contributed by atoms with Crippen LogP contribution in [0.15, 0.2) is 40.9 Å². The Morgan fingerprint density at radius 3 is 2.76 bits per heavy atom. The highest BCUT2D eigenvalue weighted by Gasteiger charge is 2.27. The lowest BCUT2D eigenvalue weighted by molar-refractivity contribution is -0.121. The summed E-state index contributed by atoms with van der Waals surface area (Å²) in [5.41, 5.74) is 1.30. The molecule has 0 spiro atoms. The quantitative estimate of drug-likeness (QED) is 0.436. The number of nitrogens with zero attached hydrogens (tertiary/aromatic N) is 3. The fourth-order valence-electron chi connectivity index (χ4n) is 3.80. The molecular formula is C23H21Cl3N4O4. The van der Waals surface area contributed by atoms with Gasteiger partial charge in [0, 0.05) is 17.1 Å². The third-order valence-electron chi connectivity index (χ3n) is 5.52. The molecular weight excluding hydrogens is 503 g/mol. The molecule has 1 unspecified atom stereocenters. The van der Waals surface area contributed by atoms with Crippen LogP contribution >= 0.6 is 34.8 Å². The average molecular weight is 524 g/mol. The van der Waals surface area contributed by atoms with Crippen LogP contribution < -0.4 is 5.32 Å². The van der Waals surface area contributed by atoms with Gasteiger partial charge in [0.2, 0.25) is 17.6 Å². The highest BCUT2D eigenvalue weighted by atomic mass is 35.5. The second-order valence-corrected chi connectivity index (χ2v) is 9.14. The molecule has 11 heteroatoms. The molecule has 2 aromatic carbocycles. The number of anilines is 1. The van der Waals surface area contributed by atoms with E-state index in [4.69, 9.17) is 44.1 Å². The molecule has 3 aromatic rings. The van der Waals surface area contributed by atoms with E-state index in [1.165, 1.54) is 13.2 Å². The van der Waals surface area contributed by atoms with Gasteiger partial charge in [0.25, 0.3) is 0 Å². The number of halogens is 3. The first kappa shape index (κ1) is 24.5. The maximum atomic E-state index is 12.9. The number of ether oxygens (including phenoxy) is 1. The highest BCUT2D eigenvalue weighted by Crippen LogP contribution is 2.29. The van der Waals surface area contributed by atoms with Crippen LogP contribution in [0.1, 0.15) is 29.1 Å². The Kier molecular flexibility index (Phi) is 7.73. The highest BCUT2D eigenvalue weighted by molar-refractivity contribution is 6.36. The maximum Gasteiger partial charge on any atom is 0.337 e. The molecule has 1 aliphatic rings. The van der Waals surface area contributed by atoms with Crippen molar-refractivity contribution in [1.29, 1.82) is 0 Å². The van der Waals surface area contributed by atoms with Gasteiger partial charge < -0.3 is 14.6 Å². The smallest absolute Gasteiger partial charge is 0.337 e. The fourth-order valence-corrected chi connectivity index (χ4v) is 4.46. The number of piperidine rings is 1. The summed E-state index contributed by atoms with van der Waals surface area (Å²) in [4.78, 5) is 31.2. The number of hydrogen-bond acceptors (Lipinski definition) is 7. The number of methoxy groups -OCH3 is 1. The lowest BCUT2D eigenvalue weighted by atomic mass is 9.97. The van der Waals surface area contributed by atoms with Crippen molar-refractivity contribution in [3.05, 3.63) is 62.9 Å². The molecule has 1 aliphatic heterocycles. The van der Waals surface area contributed by atoms with Crippen molar-refractivity contribution in [3.8, 4) is 11.4 Å². The number of likely N-dealkylation sites (tertiary alicyclic amines) is 1. The van der Waals surface area contributed by atoms with E-state index in [0.29, 0.717) is 56.7 Å². The number of amides is 1. The second kappa shape index (κ2) is 10.7. The molecule has 1 N–H and O–H groups in total. The van der Waals surface area contributed by atoms with Crippen molar-refractivity contribution < 1.29 is 18.8 Å². The number of aromatic nitrogens is 2. The molecule has 8 nitrogen and oxygen atoms in total. The second-order valence-electron chi connectivity index (χ2n) is 7.89. The monoisotopic (exact) mass is 522 g/mol. The Morgan fingerprint density at radius 2 is 2.00 bits per heavy atom. The number of nitrogens with one attached hydrogen (secondary N) is 1. The summed E-state index contributed by atoms with van der Waals surface area (Å²) in [5, 5.41) is 8.15. The van der Waals surface area contributed by atoms with Gasteiger partial charge in [-0.1, -0.05) is 40.0 Å². The lowest BCUT2D eigenvalue weighted by Crippen LogP contribution is -2.40. The minimum absolute atomic E-state index is 0.173. The molecule has 2 heterocycles. The van der Waals surface area contributed by atoms with Crippen LogP contribution in [0.4, 0.5) is 5.69 Å². The zero-order chi connectivity index (χ0) is 24.2. The van der Waals surface area contributed by atoms with E-state index in [2.05, 4.69) is 20.4 Å². The van der Waals surface area contributed by atoms with Gasteiger partial charge in [-0.2, -0.15) is 4.98 Å². The molecule has 4 rings (SSSR count). The normalized spacial score (nSPS) is 16.3. The van der Waals surface area contributed by atoms with Crippen LogP contribution in [-0.2, 0) is 16.1 Å². The van der Waals surface area contributed by atoms with Crippen LogP contribution in [0.5, 0.6) is 0 Å². The molecule has 1 atom stereocenters. The number of carbonyl (C=O) groups is 2. The van der Waals surface area contributed by atoms with Crippen LogP contribution in [0.25, 0.3) is 11.4 Å². The molecule has 0 saturated carbocycles. The molecule has 1 fully saturated rings. The van der Waals surface area contributed by atoms with Gasteiger partial charge in [-0.3, -0.25) is 9.69 Å². The molecule has 0 radical (unpaired) electrons. The van der Waals surface area contributed by atoms with Gasteiger partial charge in [0.15, 0.2) is 0 Å². The maximum absolute atomic E-state index is 12.9. The zero-order valence-electron chi connectivity index (χ0n) is 18.2. The zero-order valence-corrected chi connectivity index (χ0v) is 20.5. The first-order valence-electron chi connectivity index (χ1n) is 10.5. The van der Waals surface area contributed by atoms with E-state index < -0.39 is 5.97 Å². The third-order valence-corrected chi connectivity index (χ3v) is 6.40. The van der Waals surface area contributed by atoms with Gasteiger partial charge in [-0.05, 0) is 55.8 Å². The summed E-state index contributed by atoms with van der Waals surface area (Å²) in [7, 11) is 1.29. The topological polar surface area (TPSA) is 97.6 Å².